The number of hydrogen-bond acceptors (Lipinski definition) is 3. The molecule has 0 fully saturated rings. The number of hydrogen-bond donors (Lipinski definition) is 2. The molecule has 0 amide bonds. The Balaban J connectivity index is 2.29. The molecule has 0 saturated heterocycles. The van der Waals surface area contributed by atoms with E-state index in [1.165, 1.54) is 4.31 Å². The lowest BCUT2D eigenvalue weighted by molar-refractivity contribution is 0.414. The summed E-state index contributed by atoms with van der Waals surface area (Å²) in [5.74, 6) is 0. The lowest BCUT2D eigenvalue weighted by Crippen LogP contribution is -2.37. The summed E-state index contributed by atoms with van der Waals surface area (Å²) in [6.45, 7) is 4.64. The molecular weight excluding hydrogens is 262 g/mol. The van der Waals surface area contributed by atoms with E-state index < -0.39 is 10.2 Å². The second kappa shape index (κ2) is 5.38. The van der Waals surface area contributed by atoms with Crippen molar-refractivity contribution in [1.82, 2.24) is 4.31 Å². The van der Waals surface area contributed by atoms with Gasteiger partial charge < -0.3 is 5.32 Å². The van der Waals surface area contributed by atoms with Crippen molar-refractivity contribution in [1.29, 1.82) is 0 Å². The summed E-state index contributed by atoms with van der Waals surface area (Å²) in [7, 11) is -1.91. The topological polar surface area (TPSA) is 61.4 Å². The van der Waals surface area contributed by atoms with Gasteiger partial charge in [0.25, 0.3) is 0 Å². The Bertz CT molecular complexity index is 555. The fourth-order valence-corrected chi connectivity index (χ4v) is 3.26. The summed E-state index contributed by atoms with van der Waals surface area (Å²) in [6.07, 6.45) is 1.91. The largest absolute Gasteiger partial charge is 0.385 e. The second-order valence-corrected chi connectivity index (χ2v) is 6.81. The number of fused-ring (bicyclic) bond motifs is 1. The molecule has 2 N–H and O–H groups in total. The summed E-state index contributed by atoms with van der Waals surface area (Å²) in [5.41, 5.74) is 2.75. The van der Waals surface area contributed by atoms with Gasteiger partial charge in [-0.05, 0) is 44.4 Å². The molecule has 6 heteroatoms. The molecule has 1 aliphatic heterocycles. The molecule has 1 aliphatic rings. The molecular formula is C13H21N3O2S. The first-order valence-electron chi connectivity index (χ1n) is 6.53. The SMILES string of the molecule is CC(C)N(C)S(=O)(=O)Nc1cccc2c1CCCN2. The molecule has 1 aromatic carbocycles. The van der Waals surface area contributed by atoms with Crippen LogP contribution in [0, 0.1) is 0 Å². The van der Waals surface area contributed by atoms with E-state index in [4.69, 9.17) is 0 Å². The van der Waals surface area contributed by atoms with Crippen LogP contribution in [-0.4, -0.2) is 32.4 Å². The van der Waals surface area contributed by atoms with Crippen molar-refractivity contribution in [2.24, 2.45) is 0 Å². The number of benzene rings is 1. The molecule has 0 aromatic heterocycles. The first kappa shape index (κ1) is 14.1. The Morgan fingerprint density at radius 3 is 2.79 bits per heavy atom. The lowest BCUT2D eigenvalue weighted by Gasteiger charge is -2.25. The molecule has 5 nitrogen and oxygen atoms in total. The molecule has 0 radical (unpaired) electrons. The second-order valence-electron chi connectivity index (χ2n) is 5.08. The molecule has 0 atom stereocenters. The first-order valence-corrected chi connectivity index (χ1v) is 7.97. The van der Waals surface area contributed by atoms with Crippen LogP contribution in [-0.2, 0) is 16.6 Å². The summed E-state index contributed by atoms with van der Waals surface area (Å²) in [6, 6.07) is 5.59. The monoisotopic (exact) mass is 283 g/mol. The molecule has 106 valence electrons. The van der Waals surface area contributed by atoms with Crippen LogP contribution < -0.4 is 10.0 Å². The van der Waals surface area contributed by atoms with Crippen LogP contribution in [0.5, 0.6) is 0 Å². The van der Waals surface area contributed by atoms with E-state index in [0.29, 0.717) is 5.69 Å². The van der Waals surface area contributed by atoms with Crippen molar-refractivity contribution in [3.05, 3.63) is 23.8 Å². The third-order valence-electron chi connectivity index (χ3n) is 3.44. The van der Waals surface area contributed by atoms with Crippen LogP contribution in [0.3, 0.4) is 0 Å². The molecule has 0 saturated carbocycles. The van der Waals surface area contributed by atoms with Gasteiger partial charge in [0.05, 0.1) is 5.69 Å². The Kier molecular flexibility index (Phi) is 4.01. The summed E-state index contributed by atoms with van der Waals surface area (Å²) in [5, 5.41) is 3.29. The van der Waals surface area contributed by atoms with Crippen LogP contribution >= 0.6 is 0 Å². The third-order valence-corrected chi connectivity index (χ3v) is 5.10. The average molecular weight is 283 g/mol. The van der Waals surface area contributed by atoms with Crippen LogP contribution in [0.1, 0.15) is 25.8 Å². The molecule has 0 bridgehead atoms. The zero-order valence-corrected chi connectivity index (χ0v) is 12.4. The Labute approximate surface area is 115 Å². The highest BCUT2D eigenvalue weighted by molar-refractivity contribution is 7.90. The highest BCUT2D eigenvalue weighted by atomic mass is 32.2. The van der Waals surface area contributed by atoms with E-state index in [-0.39, 0.29) is 6.04 Å². The van der Waals surface area contributed by atoms with Crippen molar-refractivity contribution in [3.63, 3.8) is 0 Å². The minimum absolute atomic E-state index is 0.0739. The Morgan fingerprint density at radius 1 is 1.37 bits per heavy atom. The van der Waals surface area contributed by atoms with E-state index >= 15 is 0 Å². The number of anilines is 2. The first-order chi connectivity index (χ1) is 8.92. The molecule has 0 spiro atoms. The molecule has 1 aromatic rings. The van der Waals surface area contributed by atoms with Crippen molar-refractivity contribution >= 4 is 21.6 Å². The lowest BCUT2D eigenvalue weighted by atomic mass is 10.0. The van der Waals surface area contributed by atoms with Gasteiger partial charge in [-0.1, -0.05) is 6.07 Å². The molecule has 0 unspecified atom stereocenters. The standard InChI is InChI=1S/C13H21N3O2S/c1-10(2)16(3)19(17,18)15-13-8-4-7-12-11(13)6-5-9-14-12/h4,7-8,10,14-15H,5-6,9H2,1-3H3. The van der Waals surface area contributed by atoms with Gasteiger partial charge in [-0.25, -0.2) is 0 Å². The van der Waals surface area contributed by atoms with Gasteiger partial charge >= 0.3 is 10.2 Å². The maximum atomic E-state index is 12.2. The zero-order chi connectivity index (χ0) is 14.0. The highest BCUT2D eigenvalue weighted by Gasteiger charge is 2.22. The zero-order valence-electron chi connectivity index (χ0n) is 11.6. The minimum atomic E-state index is -3.49. The quantitative estimate of drug-likeness (QED) is 0.889. The molecule has 0 aliphatic carbocycles. The van der Waals surface area contributed by atoms with Gasteiger partial charge in [0.1, 0.15) is 0 Å². The van der Waals surface area contributed by atoms with E-state index in [9.17, 15) is 8.42 Å². The fraction of sp³-hybridized carbons (Fsp3) is 0.538. The maximum Gasteiger partial charge on any atom is 0.301 e. The van der Waals surface area contributed by atoms with Crippen molar-refractivity contribution in [2.75, 3.05) is 23.6 Å². The van der Waals surface area contributed by atoms with Gasteiger partial charge in [-0.15, -0.1) is 0 Å². The molecule has 2 rings (SSSR count). The predicted octanol–water partition coefficient (Wildman–Crippen LogP) is 2.04. The van der Waals surface area contributed by atoms with E-state index in [2.05, 4.69) is 10.0 Å². The predicted molar refractivity (Wildman–Crippen MR) is 78.7 cm³/mol. The minimum Gasteiger partial charge on any atom is -0.385 e. The van der Waals surface area contributed by atoms with Gasteiger partial charge in [-0.3, -0.25) is 4.72 Å². The fourth-order valence-electron chi connectivity index (χ4n) is 2.09. The summed E-state index contributed by atoms with van der Waals surface area (Å²) < 4.78 is 28.5. The Morgan fingerprint density at radius 2 is 2.11 bits per heavy atom. The van der Waals surface area contributed by atoms with Gasteiger partial charge in [0.2, 0.25) is 0 Å². The van der Waals surface area contributed by atoms with Gasteiger partial charge in [0, 0.05) is 25.3 Å². The van der Waals surface area contributed by atoms with E-state index in [1.54, 1.807) is 7.05 Å². The highest BCUT2D eigenvalue weighted by Crippen LogP contribution is 2.29. The average Bonchev–Trinajstić information content (AvgIpc) is 2.38. The third kappa shape index (κ3) is 3.01. The summed E-state index contributed by atoms with van der Waals surface area (Å²) >= 11 is 0. The van der Waals surface area contributed by atoms with E-state index in [1.807, 2.05) is 32.0 Å². The van der Waals surface area contributed by atoms with Crippen LogP contribution in [0.2, 0.25) is 0 Å². The normalized spacial score (nSPS) is 15.2. The van der Waals surface area contributed by atoms with Crippen molar-refractivity contribution in [3.8, 4) is 0 Å². The number of rotatable bonds is 4. The number of nitrogens with zero attached hydrogens (tertiary/aromatic N) is 1. The summed E-state index contributed by atoms with van der Waals surface area (Å²) in [4.78, 5) is 0. The number of nitrogens with one attached hydrogen (secondary N) is 2. The van der Waals surface area contributed by atoms with Gasteiger partial charge in [0.15, 0.2) is 0 Å². The Hall–Kier alpha value is -1.27. The van der Waals surface area contributed by atoms with Crippen LogP contribution in [0.15, 0.2) is 18.2 Å². The maximum absolute atomic E-state index is 12.2. The van der Waals surface area contributed by atoms with E-state index in [0.717, 1.165) is 30.6 Å². The van der Waals surface area contributed by atoms with Gasteiger partial charge in [-0.2, -0.15) is 12.7 Å². The molecule has 1 heterocycles. The molecule has 19 heavy (non-hydrogen) atoms. The van der Waals surface area contributed by atoms with Crippen LogP contribution in [0.25, 0.3) is 0 Å². The van der Waals surface area contributed by atoms with Crippen LogP contribution in [0.4, 0.5) is 11.4 Å². The van der Waals surface area contributed by atoms with Crippen molar-refractivity contribution < 1.29 is 8.42 Å². The van der Waals surface area contributed by atoms with Crippen molar-refractivity contribution in [2.45, 2.75) is 32.7 Å². The smallest absolute Gasteiger partial charge is 0.301 e.